The molecule has 0 aliphatic rings. The average Bonchev–Trinajstić information content (AvgIpc) is 2.05. The number of carbonyl (C=O) groups is 2. The van der Waals surface area contributed by atoms with Crippen molar-refractivity contribution < 1.29 is 33.6 Å². The maximum absolute atomic E-state index is 10.6. The molecule has 1 heterocycles. The van der Waals surface area contributed by atoms with Crippen molar-refractivity contribution in [3.63, 3.8) is 0 Å². The van der Waals surface area contributed by atoms with Gasteiger partial charge in [0.25, 0.3) is 0 Å². The fourth-order valence-corrected chi connectivity index (χ4v) is 0.602. The van der Waals surface area contributed by atoms with Gasteiger partial charge in [-0.05, 0) is 12.1 Å². The molecule has 1 rings (SSSR count). The minimum atomic E-state index is -1.73. The van der Waals surface area contributed by atoms with Gasteiger partial charge in [0.15, 0.2) is 0 Å². The van der Waals surface area contributed by atoms with Gasteiger partial charge in [0.05, 0.1) is 0 Å². The summed E-state index contributed by atoms with van der Waals surface area (Å²) in [4.78, 5) is 24.1. The summed E-state index contributed by atoms with van der Waals surface area (Å²) in [7, 11) is 0. The van der Waals surface area contributed by atoms with Crippen molar-refractivity contribution in [1.29, 1.82) is 0 Å². The van der Waals surface area contributed by atoms with Crippen molar-refractivity contribution in [3.8, 4) is 0 Å². The van der Waals surface area contributed by atoms with Crippen LogP contribution in [0.2, 0.25) is 0 Å². The first-order valence-corrected chi connectivity index (χ1v) is 2.88. The van der Waals surface area contributed by atoms with Gasteiger partial charge in [0, 0.05) is 6.20 Å². The second-order valence-corrected chi connectivity index (χ2v) is 1.83. The van der Waals surface area contributed by atoms with Crippen molar-refractivity contribution in [2.45, 2.75) is 0 Å². The minimum Gasteiger partial charge on any atom is -0.541 e. The fourth-order valence-electron chi connectivity index (χ4n) is 0.602. The zero-order valence-corrected chi connectivity index (χ0v) is 6.48. The minimum absolute atomic E-state index is 0. The molecule has 0 N–H and O–H groups in total. The third kappa shape index (κ3) is 2.49. The Bertz CT molecular complexity index is 286. The summed E-state index contributed by atoms with van der Waals surface area (Å²) in [5.74, 6) is -2.82. The quantitative estimate of drug-likeness (QED) is 0.249. The summed E-state index contributed by atoms with van der Waals surface area (Å²) >= 11 is 0. The number of carbonyl (C=O) groups excluding carboxylic acids is 2. The van der Waals surface area contributed by atoms with Crippen LogP contribution in [-0.2, 0) is 4.79 Å². The van der Waals surface area contributed by atoms with Crippen molar-refractivity contribution in [1.82, 2.24) is 4.98 Å². The Morgan fingerprint density at radius 2 is 2.00 bits per heavy atom. The number of hydrogen-bond acceptors (Lipinski definition) is 4. The molecule has 4 nitrogen and oxygen atoms in total. The van der Waals surface area contributed by atoms with E-state index in [9.17, 15) is 14.7 Å². The van der Waals surface area contributed by atoms with Crippen LogP contribution >= 0.6 is 0 Å². The number of ketones is 1. The fraction of sp³-hybridized carbons (Fsp3) is 0. The molecule has 0 spiro atoms. The van der Waals surface area contributed by atoms with E-state index >= 15 is 0 Å². The zero-order valence-electron chi connectivity index (χ0n) is 6.48. The number of hydrogen-bond donors (Lipinski definition) is 0. The Kier molecular flexibility index (Phi) is 4.27. The van der Waals surface area contributed by atoms with Gasteiger partial charge in [-0.15, -0.1) is 0 Å². The van der Waals surface area contributed by atoms with Crippen LogP contribution in [0.25, 0.3) is 0 Å². The molecule has 0 amide bonds. The molecular formula is C7H4LiNO3. The Morgan fingerprint density at radius 1 is 1.33 bits per heavy atom. The Morgan fingerprint density at radius 3 is 2.42 bits per heavy atom. The number of aromatic nitrogens is 1. The van der Waals surface area contributed by atoms with Crippen LogP contribution in [0.5, 0.6) is 0 Å². The third-order valence-electron chi connectivity index (χ3n) is 1.08. The van der Waals surface area contributed by atoms with Crippen LogP contribution in [-0.4, -0.2) is 16.7 Å². The number of Topliss-reactive ketones (excluding diaryl/α,β-unsaturated/α-hetero) is 1. The average molecular weight is 157 g/mol. The second kappa shape index (κ2) is 4.70. The Balaban J connectivity index is 0.00000121. The normalized spacial score (nSPS) is 8.33. The van der Waals surface area contributed by atoms with Crippen molar-refractivity contribution >= 4 is 11.8 Å². The molecule has 12 heavy (non-hydrogen) atoms. The van der Waals surface area contributed by atoms with Crippen LogP contribution in [0.1, 0.15) is 10.5 Å². The molecule has 5 heteroatoms. The van der Waals surface area contributed by atoms with E-state index < -0.39 is 11.8 Å². The maximum Gasteiger partial charge on any atom is 1.00 e. The van der Waals surface area contributed by atoms with Crippen molar-refractivity contribution in [2.24, 2.45) is 0 Å². The largest absolute Gasteiger partial charge is 1.00 e. The Hall–Kier alpha value is -1.11. The number of pyridine rings is 1. The van der Waals surface area contributed by atoms with Gasteiger partial charge in [0.2, 0.25) is 5.78 Å². The summed E-state index contributed by atoms with van der Waals surface area (Å²) in [6, 6.07) is 4.44. The molecule has 0 aromatic carbocycles. The predicted molar refractivity (Wildman–Crippen MR) is 33.6 cm³/mol. The second-order valence-electron chi connectivity index (χ2n) is 1.83. The number of carboxylic acids is 1. The van der Waals surface area contributed by atoms with Crippen molar-refractivity contribution in [3.05, 3.63) is 30.1 Å². The van der Waals surface area contributed by atoms with E-state index in [0.29, 0.717) is 0 Å². The predicted octanol–water partition coefficient (Wildman–Crippen LogP) is -3.98. The van der Waals surface area contributed by atoms with E-state index in [4.69, 9.17) is 0 Å². The van der Waals surface area contributed by atoms with Gasteiger partial charge in [-0.2, -0.15) is 0 Å². The van der Waals surface area contributed by atoms with Gasteiger partial charge in [0.1, 0.15) is 11.7 Å². The van der Waals surface area contributed by atoms with Crippen LogP contribution < -0.4 is 24.0 Å². The van der Waals surface area contributed by atoms with E-state index in [1.807, 2.05) is 0 Å². The molecule has 1 aromatic heterocycles. The molecule has 0 bridgehead atoms. The monoisotopic (exact) mass is 157 g/mol. The van der Waals surface area contributed by atoms with E-state index in [1.54, 1.807) is 6.07 Å². The number of rotatable bonds is 2. The van der Waals surface area contributed by atoms with Gasteiger partial charge in [-0.3, -0.25) is 9.78 Å². The molecule has 0 atom stereocenters. The summed E-state index contributed by atoms with van der Waals surface area (Å²) in [6.45, 7) is 0. The topological polar surface area (TPSA) is 70.1 Å². The molecule has 0 radical (unpaired) electrons. The number of nitrogens with zero attached hydrogens (tertiary/aromatic N) is 1. The van der Waals surface area contributed by atoms with E-state index in [1.165, 1.54) is 18.3 Å². The molecule has 0 unspecified atom stereocenters. The van der Waals surface area contributed by atoms with Gasteiger partial charge >= 0.3 is 18.9 Å². The van der Waals surface area contributed by atoms with Crippen LogP contribution in [0.3, 0.4) is 0 Å². The zero-order chi connectivity index (χ0) is 8.27. The van der Waals surface area contributed by atoms with Crippen LogP contribution in [0.15, 0.2) is 24.4 Å². The SMILES string of the molecule is O=C([O-])C(=O)c1ccccn1.[Li+]. The third-order valence-corrected chi connectivity index (χ3v) is 1.08. The van der Waals surface area contributed by atoms with Gasteiger partial charge in [-0.25, -0.2) is 0 Å². The number of carboxylic acid groups (broad SMARTS) is 1. The van der Waals surface area contributed by atoms with E-state index in [-0.39, 0.29) is 24.6 Å². The first-order valence-electron chi connectivity index (χ1n) is 2.88. The molecule has 0 saturated heterocycles. The summed E-state index contributed by atoms with van der Waals surface area (Å²) in [5.41, 5.74) is -0.104. The number of aliphatic carboxylic acids is 1. The molecule has 0 fully saturated rings. The molecule has 56 valence electrons. The van der Waals surface area contributed by atoms with Crippen LogP contribution in [0.4, 0.5) is 0 Å². The first-order chi connectivity index (χ1) is 5.22. The molecular weight excluding hydrogens is 153 g/mol. The standard InChI is InChI=1S/C7H5NO3.Li/c9-6(7(10)11)5-3-1-2-4-8-5;/h1-4H,(H,10,11);/q;+1/p-1. The molecule has 1 aromatic rings. The van der Waals surface area contributed by atoms with Gasteiger partial charge in [-0.1, -0.05) is 6.07 Å². The van der Waals surface area contributed by atoms with Crippen LogP contribution in [0, 0.1) is 0 Å². The van der Waals surface area contributed by atoms with Gasteiger partial charge < -0.3 is 9.90 Å². The van der Waals surface area contributed by atoms with E-state index in [0.717, 1.165) is 0 Å². The Labute approximate surface area is 80.8 Å². The van der Waals surface area contributed by atoms with Crippen molar-refractivity contribution in [2.75, 3.05) is 0 Å². The smallest absolute Gasteiger partial charge is 0.541 e. The first kappa shape index (κ1) is 10.9. The maximum atomic E-state index is 10.6. The molecule has 0 aliphatic heterocycles. The summed E-state index contributed by atoms with van der Waals surface area (Å²) < 4.78 is 0. The summed E-state index contributed by atoms with van der Waals surface area (Å²) in [5, 5.41) is 10.00. The molecule has 0 saturated carbocycles. The van der Waals surface area contributed by atoms with E-state index in [2.05, 4.69) is 4.98 Å². The molecule has 0 aliphatic carbocycles. The summed E-state index contributed by atoms with van der Waals surface area (Å²) in [6.07, 6.45) is 1.34.